The largest absolute Gasteiger partial charge is 0.417 e. The van der Waals surface area contributed by atoms with E-state index in [1.807, 2.05) is 0 Å². The third-order valence-corrected chi connectivity index (χ3v) is 34.8. The fourth-order valence-corrected chi connectivity index (χ4v) is 24.8. The predicted molar refractivity (Wildman–Crippen MR) is 623 cm³/mol. The van der Waals surface area contributed by atoms with E-state index in [0.29, 0.717) is 43.4 Å². The van der Waals surface area contributed by atoms with Crippen LogP contribution in [0.25, 0.3) is 0 Å². The van der Waals surface area contributed by atoms with Gasteiger partial charge in [0.15, 0.2) is 25.4 Å². The van der Waals surface area contributed by atoms with E-state index in [1.54, 1.807) is 0 Å². The van der Waals surface area contributed by atoms with Crippen molar-refractivity contribution in [3.63, 3.8) is 0 Å². The molecule has 14 N–H and O–H groups in total. The predicted octanol–water partition coefficient (Wildman–Crippen LogP) is 31.7. The van der Waals surface area contributed by atoms with Gasteiger partial charge in [-0.25, -0.2) is 4.79 Å². The van der Waals surface area contributed by atoms with Gasteiger partial charge in [-0.3, -0.25) is 9.22 Å². The van der Waals surface area contributed by atoms with Crippen LogP contribution in [0.15, 0.2) is 0 Å². The number of unbranched alkanes of at least 4 members (excludes halogenated alkanes) is 90. The van der Waals surface area contributed by atoms with E-state index in [2.05, 4.69) is 41.5 Å². The summed E-state index contributed by atoms with van der Waals surface area (Å²) >= 11 is 0. The number of ether oxygens (including phenoxy) is 6. The van der Waals surface area contributed by atoms with Crippen molar-refractivity contribution in [2.45, 2.75) is 749 Å². The van der Waals surface area contributed by atoms with Crippen LogP contribution in [-0.4, -0.2) is 213 Å². The summed E-state index contributed by atoms with van der Waals surface area (Å²) in [5.74, 6) is -3.65. The molecule has 3 saturated heterocycles. The monoisotopic (exact) mass is 2100 g/mol. The Morgan fingerprint density at radius 1 is 0.264 bits per heavy atom. The summed E-state index contributed by atoms with van der Waals surface area (Å²) in [7, 11) is 0. The van der Waals surface area contributed by atoms with Gasteiger partial charge in [-0.15, -0.1) is 0 Å². The van der Waals surface area contributed by atoms with Crippen LogP contribution in [0.4, 0.5) is 0 Å². The van der Waals surface area contributed by atoms with E-state index < -0.39 is 117 Å². The first-order chi connectivity index (χ1) is 72.4. The van der Waals surface area contributed by atoms with Crippen molar-refractivity contribution in [3.8, 4) is 0 Å². The van der Waals surface area contributed by atoms with Crippen molar-refractivity contribution in [1.29, 1.82) is 0 Å². The van der Waals surface area contributed by atoms with Gasteiger partial charge in [0, 0.05) is 0 Å². The quantitative estimate of drug-likeness (QED) is 0.0117. The topological polar surface area (TPSA) is 312 Å². The zero-order chi connectivity index (χ0) is 107. The molecule has 0 aromatic rings. The summed E-state index contributed by atoms with van der Waals surface area (Å²) < 4.78 is 40.6. The average molecular weight is 2110 g/mol. The Labute approximate surface area is 915 Å². The fraction of sp³-hybridized carbons (Fsp3) is 0.992. The minimum Gasteiger partial charge on any atom is -0.417 e. The highest BCUT2D eigenvalue weighted by Gasteiger charge is 2.76. The lowest BCUT2D eigenvalue weighted by molar-refractivity contribution is -1.02. The van der Waals surface area contributed by atoms with E-state index in [4.69, 9.17) is 45.6 Å². The van der Waals surface area contributed by atoms with Gasteiger partial charge in [0.05, 0.1) is 70.6 Å². The Kier molecular flexibility index (Phi) is 93.1. The van der Waals surface area contributed by atoms with E-state index in [-0.39, 0.29) is 11.0 Å². The van der Waals surface area contributed by atoms with E-state index in [9.17, 15) is 40.9 Å². The second kappa shape index (κ2) is 97.8. The van der Waals surface area contributed by atoms with Gasteiger partial charge in [0.1, 0.15) is 49.3 Å². The van der Waals surface area contributed by atoms with Crippen LogP contribution < -0.4 is 17.2 Å². The Balaban J connectivity index is 2.31. The molecule has 148 heavy (non-hydrogen) atoms. The van der Waals surface area contributed by atoms with Gasteiger partial charge in [-0.05, 0) is 77.0 Å². The smallest absolute Gasteiger partial charge is 0.364 e. The minimum atomic E-state index is -2.99. The highest BCUT2D eigenvalue weighted by atomic mass is 16.8. The number of nitrogens with two attached hydrogens (primary N) is 3. The van der Waals surface area contributed by atoms with Gasteiger partial charge in [-0.2, -0.15) is 0 Å². The molecule has 0 spiro atoms. The van der Waals surface area contributed by atoms with Crippen molar-refractivity contribution < 1.29 is 83.0 Å². The van der Waals surface area contributed by atoms with Gasteiger partial charge >= 0.3 is 11.8 Å². The summed E-state index contributed by atoms with van der Waals surface area (Å²) in [5.41, 5.74) is 18.3. The molecule has 20 nitrogen and oxygen atoms in total. The number of rotatable bonds is 113. The first kappa shape index (κ1) is 141. The standard InChI is InChI=1S/C128H257N5O15/c1-7-13-19-25-31-37-43-49-55-61-67-73-79-85-91-97-103-132(104-98-92-86-80-74-68-62-56-50-44-38-32-26-20-14-8-2,105-99-93-87-81-75-69-63-57-51-45-39-33-27-21-15-9-3)109-115(137)147-128(142)123(140)118(131)126(146-122-114(111-135)144-125(117(130)120(122)139)145-121-113(110-134)143-124(141)116(129)119(121)138)148-127(128,112-136)133(106-100-94-88-82-76-70-64-58-52-46-40-34-28-22-16-10-4,107-101-95-89-83-77-71-65-59-53-47-41-35-29-23-17-11-5)108-102-96-90-84-78-72-66-60-54-48-42-36-30-24-18-12-6/h113-114,116-126,134-136,138-142H,7-112,129-131H2,1-6H3/q+2/t113-,114-,116-,117-,118-,119-,120-,121?,122?,123-,124-,125+,126+,127-,128+/m1/s1. The molecule has 0 aromatic carbocycles. The molecule has 15 atom stereocenters. The van der Waals surface area contributed by atoms with E-state index >= 15 is 4.79 Å². The second-order valence-corrected chi connectivity index (χ2v) is 48.2. The summed E-state index contributed by atoms with van der Waals surface area (Å²) in [4.78, 5) is 16.7. The zero-order valence-electron chi connectivity index (χ0n) is 99.0. The van der Waals surface area contributed by atoms with Crippen LogP contribution in [0, 0.1) is 0 Å². The lowest BCUT2D eigenvalue weighted by Gasteiger charge is -2.61. The zero-order valence-corrected chi connectivity index (χ0v) is 99.0. The Bertz CT molecular complexity index is 2630. The number of carbonyl (C=O) groups is 1. The van der Waals surface area contributed by atoms with Gasteiger partial charge in [0.2, 0.25) is 0 Å². The van der Waals surface area contributed by atoms with Crippen LogP contribution in [0.5, 0.6) is 0 Å². The van der Waals surface area contributed by atoms with Crippen LogP contribution in [0.1, 0.15) is 658 Å². The molecule has 3 aliphatic heterocycles. The van der Waals surface area contributed by atoms with Crippen molar-refractivity contribution in [3.05, 3.63) is 0 Å². The molecule has 0 bridgehead atoms. The first-order valence-electron chi connectivity index (χ1n) is 66.2. The maximum absolute atomic E-state index is 16.7. The number of hydrogen-bond donors (Lipinski definition) is 11. The molecular weight excluding hydrogens is 1850 g/mol. The van der Waals surface area contributed by atoms with Crippen molar-refractivity contribution >= 4 is 5.97 Å². The number of quaternary nitrogens is 2. The summed E-state index contributed by atoms with van der Waals surface area (Å²) in [6.45, 7) is 14.9. The molecule has 2 unspecified atom stereocenters. The van der Waals surface area contributed by atoms with Crippen LogP contribution in [0.2, 0.25) is 0 Å². The number of aliphatic hydroxyl groups is 8. The van der Waals surface area contributed by atoms with Crippen molar-refractivity contribution in [1.82, 2.24) is 0 Å². The number of nitrogens with zero attached hydrogens (tertiary/aromatic N) is 2. The van der Waals surface area contributed by atoms with Crippen molar-refractivity contribution in [2.75, 3.05) is 65.6 Å². The SMILES string of the molecule is CCCCCCCCCCCCCCCCCC[N+](CCCCCCCCCCCCCCCCCC)(CCCCCCCCCCCCCCCCCC)CC(=O)O[C@@]1(O)[C@H](O)[C@@H](N)[C@@H](OC2[C@@H](CO)O[C@@H](OC3[C@@H](CO)O[C@@H](O)[C@H](N)[C@H]3O)[C@H](N)[C@H]2O)O[C@@]1(CO)[N+](CCCCCCCCCCCCCCCCCC)(CCCCCCCCCCCCCCCCCC)CCCCCCCCCCCCCCCCCC. The number of aliphatic hydroxyl groups excluding tert-OH is 7. The number of esters is 1. The van der Waals surface area contributed by atoms with Crippen LogP contribution in [0.3, 0.4) is 0 Å². The highest BCUT2D eigenvalue weighted by Crippen LogP contribution is 2.49. The number of carbonyl (C=O) groups excluding carboxylic acids is 1. The lowest BCUT2D eigenvalue weighted by Crippen LogP contribution is -2.87. The number of hydrogen-bond acceptors (Lipinski definition) is 18. The summed E-state index contributed by atoms with van der Waals surface area (Å²) in [6.07, 6.45) is 102. The average Bonchev–Trinajstić information content (AvgIpc) is 0.695. The maximum atomic E-state index is 16.7. The first-order valence-corrected chi connectivity index (χ1v) is 66.2. The van der Waals surface area contributed by atoms with E-state index in [0.717, 1.165) is 154 Å². The summed E-state index contributed by atoms with van der Waals surface area (Å²) in [5, 5.41) is 99.1. The maximum Gasteiger partial charge on any atom is 0.364 e. The summed E-state index contributed by atoms with van der Waals surface area (Å²) in [6, 6.07) is -4.52. The molecule has 3 rings (SSSR count). The Morgan fingerprint density at radius 2 is 0.459 bits per heavy atom. The van der Waals surface area contributed by atoms with Crippen LogP contribution >= 0.6 is 0 Å². The normalized spacial score (nSPS) is 22.5. The molecule has 20 heteroatoms. The molecule has 882 valence electrons. The Hall–Kier alpha value is -1.25. The van der Waals surface area contributed by atoms with Crippen LogP contribution in [-0.2, 0) is 33.2 Å². The molecule has 0 aromatic heterocycles. The molecule has 0 saturated carbocycles. The minimum absolute atomic E-state index is 0.0419. The van der Waals surface area contributed by atoms with E-state index in [1.165, 1.54) is 462 Å². The fourth-order valence-electron chi connectivity index (χ4n) is 24.8. The molecule has 3 aliphatic rings. The molecule has 0 aliphatic carbocycles. The lowest BCUT2D eigenvalue weighted by atomic mass is 9.83. The van der Waals surface area contributed by atoms with Crippen molar-refractivity contribution in [2.24, 2.45) is 17.2 Å². The Morgan fingerprint density at radius 3 is 0.676 bits per heavy atom. The van der Waals surface area contributed by atoms with Gasteiger partial charge in [0.25, 0.3) is 5.72 Å². The second-order valence-electron chi connectivity index (χ2n) is 48.2. The molecule has 3 heterocycles. The molecular formula is C128H257N5O15+2. The molecule has 0 radical (unpaired) electrons. The van der Waals surface area contributed by atoms with Gasteiger partial charge < -0.3 is 86.2 Å². The third kappa shape index (κ3) is 64.9. The highest BCUT2D eigenvalue weighted by molar-refractivity contribution is 5.71. The molecule has 3 fully saturated rings. The van der Waals surface area contributed by atoms with Gasteiger partial charge in [-0.1, -0.05) is 581 Å². The third-order valence-electron chi connectivity index (χ3n) is 34.8. The molecule has 0 amide bonds.